The molecule has 3 rings (SSSR count). The highest BCUT2D eigenvalue weighted by molar-refractivity contribution is 5.99. The topological polar surface area (TPSA) is 134 Å². The van der Waals surface area contributed by atoms with Crippen molar-refractivity contribution in [3.8, 4) is 0 Å². The predicted molar refractivity (Wildman–Crippen MR) is 181 cm³/mol. The summed E-state index contributed by atoms with van der Waals surface area (Å²) in [7, 11) is 0. The van der Waals surface area contributed by atoms with Crippen LogP contribution in [0.2, 0.25) is 0 Å². The lowest BCUT2D eigenvalue weighted by Crippen LogP contribution is -2.50. The molecule has 3 aromatic rings. The number of carbonyl (C=O) groups excluding carboxylic acids is 4. The van der Waals surface area contributed by atoms with Gasteiger partial charge in [-0.15, -0.1) is 13.2 Å². The number of benzene rings is 3. The van der Waals surface area contributed by atoms with Gasteiger partial charge >= 0.3 is 5.97 Å². The van der Waals surface area contributed by atoms with E-state index in [4.69, 9.17) is 4.74 Å². The molecule has 9 nitrogen and oxygen atoms in total. The number of ether oxygens (including phenoxy) is 1. The van der Waals surface area contributed by atoms with Gasteiger partial charge in [0.1, 0.15) is 12.6 Å². The Hall–Kier alpha value is -4.76. The maximum Gasteiger partial charge on any atom is 0.309 e. The van der Waals surface area contributed by atoms with E-state index in [1.54, 1.807) is 19.1 Å². The molecule has 0 unspecified atom stereocenters. The highest BCUT2D eigenvalue weighted by Gasteiger charge is 2.29. The van der Waals surface area contributed by atoms with Gasteiger partial charge in [0.2, 0.25) is 11.8 Å². The molecule has 0 bridgehead atoms. The summed E-state index contributed by atoms with van der Waals surface area (Å²) in [6.45, 7) is 8.46. The largest absolute Gasteiger partial charge is 0.463 e. The molecule has 4 atom stereocenters. The van der Waals surface area contributed by atoms with Gasteiger partial charge in [-0.3, -0.25) is 19.2 Å². The molecular formula is C37H45N3O6. The first kappa shape index (κ1) is 35.7. The molecule has 0 radical (unpaired) electrons. The highest BCUT2D eigenvalue weighted by Crippen LogP contribution is 2.20. The van der Waals surface area contributed by atoms with Crippen molar-refractivity contribution in [3.63, 3.8) is 0 Å². The molecule has 0 aliphatic carbocycles. The minimum Gasteiger partial charge on any atom is -0.463 e. The quantitative estimate of drug-likeness (QED) is 0.0830. The minimum atomic E-state index is -1.24. The third kappa shape index (κ3) is 11.6. The van der Waals surface area contributed by atoms with E-state index in [0.29, 0.717) is 18.5 Å². The molecule has 0 fully saturated rings. The number of nitrogens with one attached hydrogen (secondary N) is 3. The van der Waals surface area contributed by atoms with Gasteiger partial charge in [0.05, 0.1) is 18.4 Å². The summed E-state index contributed by atoms with van der Waals surface area (Å²) in [6.07, 6.45) is 5.87. The van der Waals surface area contributed by atoms with Crippen LogP contribution in [0.15, 0.2) is 98.1 Å². The van der Waals surface area contributed by atoms with E-state index < -0.39 is 54.2 Å². The molecule has 0 spiro atoms. The summed E-state index contributed by atoms with van der Waals surface area (Å²) >= 11 is 0. The Labute approximate surface area is 271 Å². The van der Waals surface area contributed by atoms with E-state index in [0.717, 1.165) is 29.2 Å². The van der Waals surface area contributed by atoms with Gasteiger partial charge in [-0.1, -0.05) is 72.8 Å². The van der Waals surface area contributed by atoms with Crippen LogP contribution in [0.5, 0.6) is 0 Å². The molecule has 0 saturated heterocycles. The Morgan fingerprint density at radius 3 is 2.28 bits per heavy atom. The lowest BCUT2D eigenvalue weighted by atomic mass is 9.94. The van der Waals surface area contributed by atoms with Crippen molar-refractivity contribution in [2.24, 2.45) is 11.8 Å². The number of carbonyl (C=O) groups is 4. The number of amides is 3. The molecule has 0 heterocycles. The molecule has 3 aromatic carbocycles. The lowest BCUT2D eigenvalue weighted by molar-refractivity contribution is -0.151. The van der Waals surface area contributed by atoms with E-state index >= 15 is 0 Å². The fourth-order valence-corrected chi connectivity index (χ4v) is 5.05. The first-order valence-corrected chi connectivity index (χ1v) is 15.7. The van der Waals surface area contributed by atoms with Gasteiger partial charge in [-0.05, 0) is 67.5 Å². The second-order valence-electron chi connectivity index (χ2n) is 11.4. The van der Waals surface area contributed by atoms with Gasteiger partial charge < -0.3 is 25.8 Å². The Balaban J connectivity index is 1.79. The van der Waals surface area contributed by atoms with E-state index in [1.165, 1.54) is 6.08 Å². The summed E-state index contributed by atoms with van der Waals surface area (Å²) in [5, 5.41) is 19.4. The van der Waals surface area contributed by atoms with Crippen molar-refractivity contribution < 1.29 is 29.0 Å². The molecule has 0 aliphatic rings. The average molecular weight is 628 g/mol. The molecule has 4 N–H and O–H groups in total. The van der Waals surface area contributed by atoms with Crippen molar-refractivity contribution in [2.75, 3.05) is 18.5 Å². The number of rotatable bonds is 19. The number of unbranched alkanes of at least 4 members (excludes halogenated alkanes) is 1. The summed E-state index contributed by atoms with van der Waals surface area (Å²) < 4.78 is 5.72. The second kappa shape index (κ2) is 18.9. The van der Waals surface area contributed by atoms with Crippen LogP contribution in [0, 0.1) is 11.8 Å². The van der Waals surface area contributed by atoms with E-state index in [-0.39, 0.29) is 19.4 Å². The minimum absolute atomic E-state index is 0.175. The molecule has 0 aliphatic heterocycles. The van der Waals surface area contributed by atoms with Crippen LogP contribution in [0.3, 0.4) is 0 Å². The zero-order valence-corrected chi connectivity index (χ0v) is 26.5. The Morgan fingerprint density at radius 1 is 0.870 bits per heavy atom. The van der Waals surface area contributed by atoms with Crippen LogP contribution < -0.4 is 16.0 Å². The van der Waals surface area contributed by atoms with Gasteiger partial charge in [0.25, 0.3) is 5.91 Å². The number of aliphatic hydroxyl groups is 1. The molecule has 46 heavy (non-hydrogen) atoms. The van der Waals surface area contributed by atoms with Crippen molar-refractivity contribution in [1.82, 2.24) is 10.6 Å². The smallest absolute Gasteiger partial charge is 0.309 e. The Bertz CT molecular complexity index is 1470. The summed E-state index contributed by atoms with van der Waals surface area (Å²) in [5.41, 5.74) is 1.50. The van der Waals surface area contributed by atoms with Gasteiger partial charge in [-0.2, -0.15) is 0 Å². The van der Waals surface area contributed by atoms with Crippen LogP contribution in [-0.4, -0.2) is 54.1 Å². The number of anilines is 1. The Morgan fingerprint density at radius 2 is 1.59 bits per heavy atom. The maximum atomic E-state index is 13.6. The number of allylic oxidation sites excluding steroid dienone is 2. The van der Waals surface area contributed by atoms with E-state index in [9.17, 15) is 24.3 Å². The van der Waals surface area contributed by atoms with Crippen LogP contribution in [0.25, 0.3) is 10.8 Å². The fourth-order valence-electron chi connectivity index (χ4n) is 5.05. The van der Waals surface area contributed by atoms with E-state index in [2.05, 4.69) is 29.1 Å². The summed E-state index contributed by atoms with van der Waals surface area (Å²) in [4.78, 5) is 53.0. The van der Waals surface area contributed by atoms with Crippen LogP contribution >= 0.6 is 0 Å². The molecule has 0 aromatic heterocycles. The fraction of sp³-hybridized carbons (Fsp3) is 0.351. The van der Waals surface area contributed by atoms with Crippen molar-refractivity contribution in [3.05, 3.63) is 104 Å². The summed E-state index contributed by atoms with van der Waals surface area (Å²) in [5.74, 6) is -3.31. The second-order valence-corrected chi connectivity index (χ2v) is 11.4. The molecule has 244 valence electrons. The van der Waals surface area contributed by atoms with E-state index in [1.807, 2.05) is 66.7 Å². The molecule has 3 amide bonds. The number of hydrogen-bond donors (Lipinski definition) is 4. The molecular weight excluding hydrogens is 582 g/mol. The van der Waals surface area contributed by atoms with Gasteiger partial charge in [-0.25, -0.2) is 0 Å². The van der Waals surface area contributed by atoms with Crippen LogP contribution in [0.1, 0.15) is 44.6 Å². The standard InChI is InChI=1S/C37H45N3O6/c1-4-6-8-18-31(21-27-14-9-7-10-15-27)37(45)46-25-33(36(44)39-32-20-19-28-16-11-12-17-29(28)22-32)40-35(43)30(13-5-2)23-34(42)38-26(3)24-41/h4-5,7,9-12,14-17,19-20,22,26,30-31,33,41H,1-2,6,8,13,18,21,23-25H2,3H3,(H,38,42)(H,39,44)(H,40,43)/t26-,30+,31+,33-/m0/s1. The first-order valence-electron chi connectivity index (χ1n) is 15.7. The third-order valence-corrected chi connectivity index (χ3v) is 7.60. The maximum absolute atomic E-state index is 13.6. The zero-order valence-electron chi connectivity index (χ0n) is 26.5. The normalized spacial score (nSPS) is 13.4. The highest BCUT2D eigenvalue weighted by atomic mass is 16.5. The Kier molecular flexibility index (Phi) is 14.7. The molecule has 0 saturated carbocycles. The molecule has 9 heteroatoms. The zero-order chi connectivity index (χ0) is 33.3. The number of esters is 1. The average Bonchev–Trinajstić information content (AvgIpc) is 3.06. The number of fused-ring (bicyclic) bond motifs is 1. The summed E-state index contributed by atoms with van der Waals surface area (Å²) in [6, 6.07) is 21.1. The van der Waals surface area contributed by atoms with Crippen molar-refractivity contribution in [1.29, 1.82) is 0 Å². The van der Waals surface area contributed by atoms with Crippen LogP contribution in [-0.2, 0) is 30.3 Å². The van der Waals surface area contributed by atoms with Crippen molar-refractivity contribution >= 4 is 40.2 Å². The third-order valence-electron chi connectivity index (χ3n) is 7.60. The first-order chi connectivity index (χ1) is 22.2. The van der Waals surface area contributed by atoms with Crippen LogP contribution in [0.4, 0.5) is 5.69 Å². The van der Waals surface area contributed by atoms with Crippen molar-refractivity contribution in [2.45, 2.75) is 57.5 Å². The van der Waals surface area contributed by atoms with Gasteiger partial charge in [0, 0.05) is 18.2 Å². The monoisotopic (exact) mass is 627 g/mol. The predicted octanol–water partition coefficient (Wildman–Crippen LogP) is 5.10. The number of aliphatic hydroxyl groups excluding tert-OH is 1. The SMILES string of the molecule is C=CCCC[C@H](Cc1ccccc1)C(=O)OC[C@H](NC(=O)[C@H](CC=C)CC(=O)N[C@@H](C)CO)C(=O)Nc1ccc2ccccc2c1. The van der Waals surface area contributed by atoms with Gasteiger partial charge in [0.15, 0.2) is 0 Å². The number of hydrogen-bond acceptors (Lipinski definition) is 6. The lowest BCUT2D eigenvalue weighted by Gasteiger charge is -2.23.